The van der Waals surface area contributed by atoms with Gasteiger partial charge in [-0.25, -0.2) is 0 Å². The molecule has 0 amide bonds. The third-order valence-electron chi connectivity index (χ3n) is 2.19. The second kappa shape index (κ2) is 5.33. The number of rotatable bonds is 4. The molecule has 0 fully saturated rings. The number of hydrogen-bond acceptors (Lipinski definition) is 2. The highest BCUT2D eigenvalue weighted by Crippen LogP contribution is 2.21. The van der Waals surface area contributed by atoms with E-state index in [0.29, 0.717) is 0 Å². The predicted molar refractivity (Wildman–Crippen MR) is 63.4 cm³/mol. The van der Waals surface area contributed by atoms with Crippen molar-refractivity contribution in [3.05, 3.63) is 66.6 Å². The Hall–Kier alpha value is -1.80. The van der Waals surface area contributed by atoms with Gasteiger partial charge in [-0.3, -0.25) is 0 Å². The van der Waals surface area contributed by atoms with E-state index >= 15 is 0 Å². The molecular weight excluding hydrogens is 200 g/mol. The lowest BCUT2D eigenvalue weighted by Gasteiger charge is -2.05. The summed E-state index contributed by atoms with van der Waals surface area (Å²) in [6.45, 7) is 0.0545. The Balaban J connectivity index is 2.05. The highest BCUT2D eigenvalue weighted by molar-refractivity contribution is 5.35. The molecule has 2 heteroatoms. The van der Waals surface area contributed by atoms with Crippen LogP contribution >= 0.6 is 0 Å². The maximum absolute atomic E-state index is 8.74. The van der Waals surface area contributed by atoms with Crippen molar-refractivity contribution in [3.63, 3.8) is 0 Å². The molecule has 0 saturated heterocycles. The summed E-state index contributed by atoms with van der Waals surface area (Å²) >= 11 is 0. The number of benzene rings is 2. The molecule has 1 N–H and O–H groups in total. The summed E-state index contributed by atoms with van der Waals surface area (Å²) in [6, 6.07) is 17.2. The van der Waals surface area contributed by atoms with E-state index in [1.807, 2.05) is 54.6 Å². The molecule has 0 aliphatic heterocycles. The first-order chi connectivity index (χ1) is 7.88. The number of aliphatic hydroxyl groups excluding tert-OH is 1. The summed E-state index contributed by atoms with van der Waals surface area (Å²) in [7, 11) is 0. The third-order valence-corrected chi connectivity index (χ3v) is 2.19. The van der Waals surface area contributed by atoms with Crippen LogP contribution in [-0.2, 0) is 0 Å². The minimum atomic E-state index is 0.0545. The molecule has 0 unspecified atom stereocenters. The SMILES string of the molecule is OC[CH]c1ccc(Oc2ccccc2)cc1. The van der Waals surface area contributed by atoms with Crippen molar-refractivity contribution in [1.29, 1.82) is 0 Å². The van der Waals surface area contributed by atoms with Crippen molar-refractivity contribution in [2.24, 2.45) is 0 Å². The highest BCUT2D eigenvalue weighted by Gasteiger charge is 1.97. The van der Waals surface area contributed by atoms with Crippen LogP contribution in [0.4, 0.5) is 0 Å². The van der Waals surface area contributed by atoms with E-state index < -0.39 is 0 Å². The maximum Gasteiger partial charge on any atom is 0.127 e. The Morgan fingerprint density at radius 2 is 1.50 bits per heavy atom. The zero-order chi connectivity index (χ0) is 11.2. The molecule has 0 atom stereocenters. The number of aliphatic hydroxyl groups is 1. The highest BCUT2D eigenvalue weighted by atomic mass is 16.5. The van der Waals surface area contributed by atoms with Crippen LogP contribution in [0, 0.1) is 6.42 Å². The predicted octanol–water partition coefficient (Wildman–Crippen LogP) is 3.02. The lowest BCUT2D eigenvalue weighted by molar-refractivity contribution is 0.331. The van der Waals surface area contributed by atoms with E-state index in [4.69, 9.17) is 9.84 Å². The summed E-state index contributed by atoms with van der Waals surface area (Å²) in [5, 5.41) is 8.74. The Labute approximate surface area is 95.1 Å². The standard InChI is InChI=1S/C14H13O2/c15-11-10-12-6-8-14(9-7-12)16-13-4-2-1-3-5-13/h1-10,15H,11H2. The van der Waals surface area contributed by atoms with Crippen LogP contribution < -0.4 is 4.74 Å². The molecule has 0 aromatic heterocycles. The van der Waals surface area contributed by atoms with Gasteiger partial charge in [-0.2, -0.15) is 0 Å². The Kier molecular flexibility index (Phi) is 3.57. The first-order valence-electron chi connectivity index (χ1n) is 5.15. The van der Waals surface area contributed by atoms with Gasteiger partial charge < -0.3 is 9.84 Å². The van der Waals surface area contributed by atoms with Crippen molar-refractivity contribution in [3.8, 4) is 11.5 Å². The normalized spacial score (nSPS) is 10.1. The molecule has 0 bridgehead atoms. The van der Waals surface area contributed by atoms with Crippen molar-refractivity contribution in [2.75, 3.05) is 6.61 Å². The fraction of sp³-hybridized carbons (Fsp3) is 0.0714. The molecule has 2 aromatic carbocycles. The van der Waals surface area contributed by atoms with Crippen LogP contribution in [0.15, 0.2) is 54.6 Å². The van der Waals surface area contributed by atoms with Crippen molar-refractivity contribution in [2.45, 2.75) is 0 Å². The molecule has 1 radical (unpaired) electrons. The smallest absolute Gasteiger partial charge is 0.127 e. The largest absolute Gasteiger partial charge is 0.457 e. The minimum absolute atomic E-state index is 0.0545. The summed E-state index contributed by atoms with van der Waals surface area (Å²) in [5.41, 5.74) is 0.989. The molecule has 2 nitrogen and oxygen atoms in total. The van der Waals surface area contributed by atoms with E-state index in [0.717, 1.165) is 17.1 Å². The van der Waals surface area contributed by atoms with Gasteiger partial charge in [0.05, 0.1) is 6.61 Å². The Morgan fingerprint density at radius 1 is 0.875 bits per heavy atom. The molecule has 2 aromatic rings. The zero-order valence-corrected chi connectivity index (χ0v) is 8.84. The average molecular weight is 213 g/mol. The Morgan fingerprint density at radius 3 is 2.12 bits per heavy atom. The molecular formula is C14H13O2. The van der Waals surface area contributed by atoms with Crippen LogP contribution in [0.1, 0.15) is 5.56 Å². The van der Waals surface area contributed by atoms with Gasteiger partial charge in [0.1, 0.15) is 11.5 Å². The van der Waals surface area contributed by atoms with Crippen LogP contribution in [-0.4, -0.2) is 11.7 Å². The van der Waals surface area contributed by atoms with Gasteiger partial charge in [-0.15, -0.1) is 0 Å². The van der Waals surface area contributed by atoms with Crippen LogP contribution in [0.25, 0.3) is 0 Å². The maximum atomic E-state index is 8.74. The van der Waals surface area contributed by atoms with E-state index in [1.165, 1.54) is 0 Å². The lowest BCUT2D eigenvalue weighted by Crippen LogP contribution is -1.88. The molecule has 0 saturated carbocycles. The molecule has 0 heterocycles. The van der Waals surface area contributed by atoms with Crippen molar-refractivity contribution in [1.82, 2.24) is 0 Å². The molecule has 0 spiro atoms. The van der Waals surface area contributed by atoms with Gasteiger partial charge in [0, 0.05) is 6.42 Å². The summed E-state index contributed by atoms with van der Waals surface area (Å²) in [5.74, 6) is 1.61. The van der Waals surface area contributed by atoms with Gasteiger partial charge in [0.2, 0.25) is 0 Å². The quantitative estimate of drug-likeness (QED) is 0.845. The van der Waals surface area contributed by atoms with Crippen LogP contribution in [0.2, 0.25) is 0 Å². The number of hydrogen-bond donors (Lipinski definition) is 1. The number of ether oxygens (including phenoxy) is 1. The molecule has 0 aliphatic rings. The van der Waals surface area contributed by atoms with E-state index in [9.17, 15) is 0 Å². The van der Waals surface area contributed by atoms with Gasteiger partial charge in [0.15, 0.2) is 0 Å². The van der Waals surface area contributed by atoms with Crippen LogP contribution in [0.5, 0.6) is 11.5 Å². The second-order valence-electron chi connectivity index (χ2n) is 3.37. The monoisotopic (exact) mass is 213 g/mol. The Bertz CT molecular complexity index is 420. The molecule has 2 rings (SSSR count). The van der Waals surface area contributed by atoms with Gasteiger partial charge >= 0.3 is 0 Å². The first kappa shape index (κ1) is 10.7. The molecule has 81 valence electrons. The summed E-state index contributed by atoms with van der Waals surface area (Å²) < 4.78 is 5.64. The fourth-order valence-electron chi connectivity index (χ4n) is 1.40. The third kappa shape index (κ3) is 2.84. The van der Waals surface area contributed by atoms with E-state index in [2.05, 4.69) is 0 Å². The van der Waals surface area contributed by atoms with Gasteiger partial charge in [-0.05, 0) is 29.8 Å². The van der Waals surface area contributed by atoms with E-state index in [1.54, 1.807) is 6.42 Å². The van der Waals surface area contributed by atoms with E-state index in [-0.39, 0.29) is 6.61 Å². The number of para-hydroxylation sites is 1. The second-order valence-corrected chi connectivity index (χ2v) is 3.37. The minimum Gasteiger partial charge on any atom is -0.457 e. The first-order valence-corrected chi connectivity index (χ1v) is 5.15. The van der Waals surface area contributed by atoms with Crippen molar-refractivity contribution < 1.29 is 9.84 Å². The lowest BCUT2D eigenvalue weighted by atomic mass is 10.1. The molecule has 16 heavy (non-hydrogen) atoms. The zero-order valence-electron chi connectivity index (χ0n) is 8.84. The topological polar surface area (TPSA) is 29.5 Å². The summed E-state index contributed by atoms with van der Waals surface area (Å²) in [6.07, 6.45) is 1.74. The fourth-order valence-corrected chi connectivity index (χ4v) is 1.40. The van der Waals surface area contributed by atoms with Crippen molar-refractivity contribution >= 4 is 0 Å². The molecule has 0 aliphatic carbocycles. The van der Waals surface area contributed by atoms with Gasteiger partial charge in [-0.1, -0.05) is 30.3 Å². The van der Waals surface area contributed by atoms with Crippen LogP contribution in [0.3, 0.4) is 0 Å². The average Bonchev–Trinajstić information content (AvgIpc) is 2.33. The summed E-state index contributed by atoms with van der Waals surface area (Å²) in [4.78, 5) is 0. The van der Waals surface area contributed by atoms with Gasteiger partial charge in [0.25, 0.3) is 0 Å².